The van der Waals surface area contributed by atoms with Gasteiger partial charge in [-0.3, -0.25) is 14.5 Å². The molecule has 0 spiro atoms. The zero-order valence-corrected chi connectivity index (χ0v) is 20.7. The molecule has 2 aliphatic rings. The maximum absolute atomic E-state index is 13.0. The van der Waals surface area contributed by atoms with E-state index in [9.17, 15) is 19.5 Å². The minimum absolute atomic E-state index is 0.0770. The predicted octanol–water partition coefficient (Wildman–Crippen LogP) is -0.242. The Morgan fingerprint density at radius 1 is 1.42 bits per heavy atom. The van der Waals surface area contributed by atoms with E-state index < -0.39 is 29.2 Å². The molecule has 2 aliphatic heterocycles. The number of hydrogen-bond donors (Lipinski definition) is 3. The number of amides is 2. The van der Waals surface area contributed by atoms with Crippen LogP contribution < -0.4 is 15.6 Å². The number of fused-ring (bicyclic) bond motifs is 2. The van der Waals surface area contributed by atoms with Crippen LogP contribution in [0.4, 0.5) is 5.13 Å². The van der Waals surface area contributed by atoms with Crippen LogP contribution in [-0.2, 0) is 25.8 Å². The highest BCUT2D eigenvalue weighted by Gasteiger charge is 2.54. The highest BCUT2D eigenvalue weighted by molar-refractivity contribution is 8.00. The average Bonchev–Trinajstić information content (AvgIpc) is 3.47. The molecule has 0 saturated carbocycles. The van der Waals surface area contributed by atoms with Crippen LogP contribution in [0.15, 0.2) is 46.3 Å². The van der Waals surface area contributed by atoms with Crippen molar-refractivity contribution in [2.45, 2.75) is 24.9 Å². The lowest BCUT2D eigenvalue weighted by Gasteiger charge is -2.49. The smallest absolute Gasteiger partial charge is 0.352 e. The van der Waals surface area contributed by atoms with Crippen molar-refractivity contribution >= 4 is 57.4 Å². The minimum atomic E-state index is -1.21. The van der Waals surface area contributed by atoms with Crippen LogP contribution in [0.5, 0.6) is 0 Å². The van der Waals surface area contributed by atoms with Gasteiger partial charge in [-0.25, -0.2) is 14.3 Å². The largest absolute Gasteiger partial charge is 0.477 e. The summed E-state index contributed by atoms with van der Waals surface area (Å²) in [5.41, 5.74) is 7.96. The zero-order chi connectivity index (χ0) is 25.6. The van der Waals surface area contributed by atoms with E-state index in [2.05, 4.69) is 20.6 Å². The van der Waals surface area contributed by atoms with Crippen molar-refractivity contribution < 1.29 is 28.9 Å². The van der Waals surface area contributed by atoms with Crippen molar-refractivity contribution in [1.82, 2.24) is 24.8 Å². The minimum Gasteiger partial charge on any atom is -0.477 e. The summed E-state index contributed by atoms with van der Waals surface area (Å²) >= 11 is 2.51. The molecule has 1 fully saturated rings. The monoisotopic (exact) mass is 529 g/mol. The second-order valence-electron chi connectivity index (χ2n) is 8.01. The maximum Gasteiger partial charge on any atom is 0.352 e. The van der Waals surface area contributed by atoms with Crippen LogP contribution in [0.3, 0.4) is 0 Å². The lowest BCUT2D eigenvalue weighted by Crippen LogP contribution is -2.71. The van der Waals surface area contributed by atoms with Crippen LogP contribution in [0.25, 0.3) is 5.65 Å². The molecule has 2 unspecified atom stereocenters. The van der Waals surface area contributed by atoms with Gasteiger partial charge in [-0.2, -0.15) is 0 Å². The number of carboxylic acid groups (broad SMARTS) is 1. The fraction of sp³-hybridized carbons (Fsp3) is 0.286. The number of carbonyl (C=O) groups excluding carboxylic acids is 2. The molecule has 2 atom stereocenters. The summed E-state index contributed by atoms with van der Waals surface area (Å²) < 4.78 is 3.60. The van der Waals surface area contributed by atoms with Crippen LogP contribution in [0.1, 0.15) is 11.4 Å². The molecule has 4 N–H and O–H groups in total. The van der Waals surface area contributed by atoms with Crippen molar-refractivity contribution in [1.29, 1.82) is 0 Å². The summed E-state index contributed by atoms with van der Waals surface area (Å²) in [7, 11) is 1.28. The first-order valence-electron chi connectivity index (χ1n) is 10.7. The van der Waals surface area contributed by atoms with Gasteiger partial charge in [0.1, 0.15) is 35.6 Å². The van der Waals surface area contributed by atoms with Crippen molar-refractivity contribution in [2.24, 2.45) is 5.16 Å². The molecule has 5 rings (SSSR count). The lowest BCUT2D eigenvalue weighted by molar-refractivity contribution is -0.664. The van der Waals surface area contributed by atoms with Gasteiger partial charge >= 0.3 is 5.97 Å². The summed E-state index contributed by atoms with van der Waals surface area (Å²) in [5, 5.41) is 21.9. The first-order chi connectivity index (χ1) is 17.3. The second kappa shape index (κ2) is 9.23. The number of thiazole rings is 1. The third kappa shape index (κ3) is 3.95. The van der Waals surface area contributed by atoms with E-state index in [1.54, 1.807) is 16.2 Å². The number of oxime groups is 1. The fourth-order valence-corrected chi connectivity index (χ4v) is 6.05. The number of aliphatic carboxylic acids is 1. The molecule has 0 aliphatic carbocycles. The second-order valence-corrected chi connectivity index (χ2v) is 10.0. The summed E-state index contributed by atoms with van der Waals surface area (Å²) in [6, 6.07) is 4.78. The average molecular weight is 530 g/mol. The van der Waals surface area contributed by atoms with E-state index in [1.165, 1.54) is 23.8 Å². The van der Waals surface area contributed by atoms with Crippen molar-refractivity contribution in [3.8, 4) is 0 Å². The number of aromatic nitrogens is 4. The standard InChI is InChI=1S/C21H20N8O5S2/c1-10-4-3-5-13-27(9-23-29(10)13)6-11-7-35-19-15(18(31)28(19)16(11)20(32)33)25-17(30)14(26-34-2)12-8-36-21(22)24-12/h3-5,8-9,15,19H,6-7H2,1-2H3,(H3-,22,24,25,30,32,33)/p+1/b26-14+. The van der Waals surface area contributed by atoms with Crippen LogP contribution in [0.2, 0.25) is 0 Å². The Morgan fingerprint density at radius 2 is 2.22 bits per heavy atom. The topological polar surface area (TPSA) is 168 Å². The number of aryl methyl sites for hydroxylation is 1. The molecule has 36 heavy (non-hydrogen) atoms. The number of hydrogen-bond acceptors (Lipinski definition) is 10. The van der Waals surface area contributed by atoms with Gasteiger partial charge in [0.25, 0.3) is 23.8 Å². The Kier molecular flexibility index (Phi) is 6.09. The number of thioether (sulfide) groups is 1. The molecule has 0 radical (unpaired) electrons. The van der Waals surface area contributed by atoms with E-state index >= 15 is 0 Å². The summed E-state index contributed by atoms with van der Waals surface area (Å²) in [6.07, 6.45) is 1.63. The Bertz CT molecular complexity index is 1460. The van der Waals surface area contributed by atoms with E-state index in [0.717, 1.165) is 22.7 Å². The number of anilines is 1. The molecule has 13 nitrogen and oxygen atoms in total. The maximum atomic E-state index is 13.0. The third-order valence-corrected chi connectivity index (χ3v) is 7.81. The van der Waals surface area contributed by atoms with Crippen molar-refractivity contribution in [3.63, 3.8) is 0 Å². The van der Waals surface area contributed by atoms with Gasteiger partial charge in [-0.05, 0) is 13.0 Å². The van der Waals surface area contributed by atoms with E-state index in [4.69, 9.17) is 10.6 Å². The highest BCUT2D eigenvalue weighted by Crippen LogP contribution is 2.40. The van der Waals surface area contributed by atoms with Gasteiger partial charge in [0, 0.05) is 27.9 Å². The van der Waals surface area contributed by atoms with Crippen molar-refractivity contribution in [2.75, 3.05) is 18.6 Å². The number of nitrogen functional groups attached to an aromatic ring is 1. The number of β-lactam (4-membered cyclic amide) rings is 1. The van der Waals surface area contributed by atoms with Crippen LogP contribution >= 0.6 is 23.1 Å². The molecular formula is C21H21N8O5S2+. The summed E-state index contributed by atoms with van der Waals surface area (Å²) in [6.45, 7) is 2.18. The Morgan fingerprint density at radius 3 is 2.92 bits per heavy atom. The summed E-state index contributed by atoms with van der Waals surface area (Å²) in [5.74, 6) is -2.04. The molecule has 0 aromatic carbocycles. The molecule has 5 heterocycles. The number of nitrogens with two attached hydrogens (primary N) is 1. The molecule has 186 valence electrons. The van der Waals surface area contributed by atoms with Gasteiger partial charge in [0.05, 0.1) is 6.54 Å². The lowest BCUT2D eigenvalue weighted by atomic mass is 10.0. The van der Waals surface area contributed by atoms with Gasteiger partial charge in [0.2, 0.25) is 0 Å². The number of nitrogens with one attached hydrogen (secondary N) is 1. The van der Waals surface area contributed by atoms with Gasteiger partial charge in [-0.15, -0.1) is 23.1 Å². The Hall–Kier alpha value is -3.98. The molecular weight excluding hydrogens is 508 g/mol. The molecule has 15 heteroatoms. The normalized spacial score (nSPS) is 19.8. The molecule has 2 amide bonds. The van der Waals surface area contributed by atoms with Gasteiger partial charge in [-0.1, -0.05) is 15.7 Å². The molecule has 0 bridgehead atoms. The van der Waals surface area contributed by atoms with E-state index in [1.807, 2.05) is 29.7 Å². The van der Waals surface area contributed by atoms with Crippen LogP contribution in [0, 0.1) is 6.92 Å². The van der Waals surface area contributed by atoms with Crippen molar-refractivity contribution in [3.05, 3.63) is 52.6 Å². The SMILES string of the molecule is CO/N=C(/C(=O)NC1C(=O)N2C(C(=O)O)=C(C[n+]3cnn4c(C)cccc43)CSC12)c1csc(N)n1. The Labute approximate surface area is 212 Å². The van der Waals surface area contributed by atoms with Gasteiger partial charge < -0.3 is 21.0 Å². The zero-order valence-electron chi connectivity index (χ0n) is 19.1. The molecule has 1 saturated heterocycles. The highest BCUT2D eigenvalue weighted by atomic mass is 32.2. The summed E-state index contributed by atoms with van der Waals surface area (Å²) in [4.78, 5) is 48.2. The van der Waals surface area contributed by atoms with Crippen LogP contribution in [-0.4, -0.2) is 72.4 Å². The molecule has 3 aromatic heterocycles. The number of rotatable bonds is 7. The molecule has 3 aromatic rings. The van der Waals surface area contributed by atoms with E-state index in [0.29, 0.717) is 11.3 Å². The first kappa shape index (κ1) is 23.7. The number of nitrogens with zero attached hydrogens (tertiary/aromatic N) is 6. The predicted molar refractivity (Wildman–Crippen MR) is 130 cm³/mol. The first-order valence-corrected chi connectivity index (χ1v) is 12.6. The third-order valence-electron chi connectivity index (χ3n) is 5.79. The Balaban J connectivity index is 1.38. The number of pyridine rings is 1. The quantitative estimate of drug-likeness (QED) is 0.162. The number of carboxylic acids is 1. The fourth-order valence-electron chi connectivity index (χ4n) is 4.17. The number of carbonyl (C=O) groups is 3. The van der Waals surface area contributed by atoms with Gasteiger partial charge in [0.15, 0.2) is 10.8 Å². The van der Waals surface area contributed by atoms with E-state index in [-0.39, 0.29) is 28.8 Å².